The minimum atomic E-state index is -0.336. The number of hydrogen-bond acceptors (Lipinski definition) is 3. The maximum Gasteiger partial charge on any atom is 0.314 e. The molecule has 22 heavy (non-hydrogen) atoms. The number of likely N-dealkylation sites (tertiary alicyclic amines) is 1. The summed E-state index contributed by atoms with van der Waals surface area (Å²) in [5, 5.41) is 2.74. The van der Waals surface area contributed by atoms with Gasteiger partial charge in [0.2, 0.25) is 0 Å². The molecule has 120 valence electrons. The first kappa shape index (κ1) is 16.4. The lowest BCUT2D eigenvalue weighted by Crippen LogP contribution is -3.14. The molecule has 0 saturated carbocycles. The van der Waals surface area contributed by atoms with Gasteiger partial charge in [0.05, 0.1) is 19.7 Å². The van der Waals surface area contributed by atoms with Gasteiger partial charge in [0.25, 0.3) is 5.91 Å². The van der Waals surface area contributed by atoms with Crippen LogP contribution in [0, 0.1) is 11.7 Å². The Morgan fingerprint density at radius 2 is 2.09 bits per heavy atom. The van der Waals surface area contributed by atoms with E-state index in [2.05, 4.69) is 5.32 Å². The summed E-state index contributed by atoms with van der Waals surface area (Å²) in [6.45, 7) is 3.97. The van der Waals surface area contributed by atoms with Crippen molar-refractivity contribution in [3.63, 3.8) is 0 Å². The first-order chi connectivity index (χ1) is 10.6. The molecule has 1 aromatic rings. The number of anilines is 1. The van der Waals surface area contributed by atoms with Crippen molar-refractivity contribution in [1.82, 2.24) is 0 Å². The van der Waals surface area contributed by atoms with Crippen molar-refractivity contribution in [3.05, 3.63) is 30.1 Å². The van der Waals surface area contributed by atoms with Gasteiger partial charge in [-0.1, -0.05) is 0 Å². The zero-order chi connectivity index (χ0) is 15.9. The minimum Gasteiger partial charge on any atom is -0.466 e. The largest absolute Gasteiger partial charge is 0.466 e. The standard InChI is InChI=1S/C16H21FN2O3/c1-2-22-16(21)12-4-3-9-19(10-12)11-15(20)18-14-7-5-13(17)6-8-14/h5-8,12H,2-4,9-11H2,1H3,(H,18,20)/p+1/t12-/m0/s1. The van der Waals surface area contributed by atoms with E-state index >= 15 is 0 Å². The number of carbonyl (C=O) groups excluding carboxylic acids is 2. The van der Waals surface area contributed by atoms with Crippen LogP contribution >= 0.6 is 0 Å². The predicted molar refractivity (Wildman–Crippen MR) is 80.0 cm³/mol. The molecule has 1 aliphatic rings. The molecule has 0 radical (unpaired) electrons. The summed E-state index contributed by atoms with van der Waals surface area (Å²) in [6, 6.07) is 5.67. The normalized spacial score (nSPS) is 21.2. The molecule has 2 rings (SSSR count). The van der Waals surface area contributed by atoms with Crippen LogP contribution < -0.4 is 10.2 Å². The van der Waals surface area contributed by atoms with Gasteiger partial charge in [0.15, 0.2) is 6.54 Å². The third kappa shape index (κ3) is 4.80. The highest BCUT2D eigenvalue weighted by molar-refractivity contribution is 5.91. The van der Waals surface area contributed by atoms with Crippen molar-refractivity contribution in [2.75, 3.05) is 31.6 Å². The highest BCUT2D eigenvalue weighted by atomic mass is 19.1. The molecule has 1 saturated heterocycles. The second-order valence-corrected chi connectivity index (χ2v) is 5.53. The smallest absolute Gasteiger partial charge is 0.314 e. The fourth-order valence-corrected chi connectivity index (χ4v) is 2.74. The highest BCUT2D eigenvalue weighted by Gasteiger charge is 2.30. The van der Waals surface area contributed by atoms with Crippen molar-refractivity contribution < 1.29 is 23.6 Å². The van der Waals surface area contributed by atoms with Gasteiger partial charge in [0, 0.05) is 5.69 Å². The molecule has 1 unspecified atom stereocenters. The van der Waals surface area contributed by atoms with E-state index in [1.165, 1.54) is 24.3 Å². The minimum absolute atomic E-state index is 0.123. The quantitative estimate of drug-likeness (QED) is 0.784. The first-order valence-corrected chi connectivity index (χ1v) is 7.64. The van der Waals surface area contributed by atoms with Crippen molar-refractivity contribution in [3.8, 4) is 0 Å². The number of hydrogen-bond donors (Lipinski definition) is 2. The summed E-state index contributed by atoms with van der Waals surface area (Å²) >= 11 is 0. The average Bonchev–Trinajstić information content (AvgIpc) is 2.50. The Kier molecular flexibility index (Phi) is 5.89. The van der Waals surface area contributed by atoms with E-state index < -0.39 is 0 Å². The fraction of sp³-hybridized carbons (Fsp3) is 0.500. The molecule has 6 heteroatoms. The molecule has 5 nitrogen and oxygen atoms in total. The summed E-state index contributed by atoms with van der Waals surface area (Å²) in [4.78, 5) is 24.9. The van der Waals surface area contributed by atoms with Crippen molar-refractivity contribution in [2.24, 2.45) is 5.92 Å². The molecule has 0 aromatic heterocycles. The van der Waals surface area contributed by atoms with Crippen LogP contribution in [-0.2, 0) is 14.3 Å². The van der Waals surface area contributed by atoms with Gasteiger partial charge in [-0.25, -0.2) is 4.39 Å². The molecule has 2 atom stereocenters. The number of amides is 1. The topological polar surface area (TPSA) is 59.8 Å². The Morgan fingerprint density at radius 1 is 1.36 bits per heavy atom. The van der Waals surface area contributed by atoms with Gasteiger partial charge in [-0.05, 0) is 44.0 Å². The van der Waals surface area contributed by atoms with Crippen molar-refractivity contribution in [1.29, 1.82) is 0 Å². The number of quaternary nitrogens is 1. The second-order valence-electron chi connectivity index (χ2n) is 5.53. The lowest BCUT2D eigenvalue weighted by atomic mass is 9.98. The Morgan fingerprint density at radius 3 is 2.77 bits per heavy atom. The number of piperidine rings is 1. The second kappa shape index (κ2) is 7.89. The van der Waals surface area contributed by atoms with E-state index in [0.717, 1.165) is 24.3 Å². The van der Waals surface area contributed by atoms with E-state index in [1.807, 2.05) is 0 Å². The molecule has 1 amide bonds. The lowest BCUT2D eigenvalue weighted by molar-refractivity contribution is -0.899. The summed E-state index contributed by atoms with van der Waals surface area (Å²) in [7, 11) is 0. The number of nitrogens with one attached hydrogen (secondary N) is 2. The molecular formula is C16H22FN2O3+. The maximum atomic E-state index is 12.8. The lowest BCUT2D eigenvalue weighted by Gasteiger charge is -2.28. The van der Waals surface area contributed by atoms with Gasteiger partial charge in [-0.2, -0.15) is 0 Å². The van der Waals surface area contributed by atoms with Crippen LogP contribution in [0.1, 0.15) is 19.8 Å². The number of rotatable bonds is 5. The van der Waals surface area contributed by atoms with Crippen molar-refractivity contribution in [2.45, 2.75) is 19.8 Å². The van der Waals surface area contributed by atoms with Crippen LogP contribution in [0.25, 0.3) is 0 Å². The van der Waals surface area contributed by atoms with E-state index in [0.29, 0.717) is 25.4 Å². The van der Waals surface area contributed by atoms with Gasteiger partial charge in [-0.15, -0.1) is 0 Å². The Labute approximate surface area is 129 Å². The SMILES string of the molecule is CCOC(=O)[C@H]1CCC[NH+](CC(=O)Nc2ccc(F)cc2)C1. The summed E-state index contributed by atoms with van der Waals surface area (Å²) < 4.78 is 17.9. The van der Waals surface area contributed by atoms with E-state index in [-0.39, 0.29) is 23.6 Å². The Balaban J connectivity index is 1.83. The molecule has 1 fully saturated rings. The van der Waals surface area contributed by atoms with Crippen LogP contribution in [-0.4, -0.2) is 38.1 Å². The molecule has 0 spiro atoms. The molecule has 1 aliphatic heterocycles. The molecule has 1 heterocycles. The van der Waals surface area contributed by atoms with Gasteiger partial charge in [-0.3, -0.25) is 9.59 Å². The molecular weight excluding hydrogens is 287 g/mol. The molecule has 0 bridgehead atoms. The number of benzene rings is 1. The highest BCUT2D eigenvalue weighted by Crippen LogP contribution is 2.10. The van der Waals surface area contributed by atoms with Crippen molar-refractivity contribution >= 4 is 17.6 Å². The number of carbonyl (C=O) groups is 2. The maximum absolute atomic E-state index is 12.8. The first-order valence-electron chi connectivity index (χ1n) is 7.64. The molecule has 2 N–H and O–H groups in total. The van der Waals surface area contributed by atoms with Crippen LogP contribution in [0.5, 0.6) is 0 Å². The van der Waals surface area contributed by atoms with Gasteiger partial charge < -0.3 is 15.0 Å². The van der Waals surface area contributed by atoms with E-state index in [1.54, 1.807) is 6.92 Å². The molecule has 0 aliphatic carbocycles. The van der Waals surface area contributed by atoms with E-state index in [4.69, 9.17) is 4.74 Å². The van der Waals surface area contributed by atoms with Gasteiger partial charge >= 0.3 is 5.97 Å². The third-order valence-electron chi connectivity index (χ3n) is 3.78. The summed E-state index contributed by atoms with van der Waals surface area (Å²) in [5.41, 5.74) is 0.574. The molecule has 1 aromatic carbocycles. The summed E-state index contributed by atoms with van der Waals surface area (Å²) in [5.74, 6) is -0.760. The van der Waals surface area contributed by atoms with Crippen LogP contribution in [0.3, 0.4) is 0 Å². The van der Waals surface area contributed by atoms with Crippen LogP contribution in [0.2, 0.25) is 0 Å². The van der Waals surface area contributed by atoms with Gasteiger partial charge in [0.1, 0.15) is 11.7 Å². The van der Waals surface area contributed by atoms with Crippen LogP contribution in [0.15, 0.2) is 24.3 Å². The third-order valence-corrected chi connectivity index (χ3v) is 3.78. The van der Waals surface area contributed by atoms with E-state index in [9.17, 15) is 14.0 Å². The number of halogens is 1. The summed E-state index contributed by atoms with van der Waals surface area (Å²) in [6.07, 6.45) is 1.73. The monoisotopic (exact) mass is 309 g/mol. The number of ether oxygens (including phenoxy) is 1. The Hall–Kier alpha value is -1.95. The predicted octanol–water partition coefficient (Wildman–Crippen LogP) is 0.622. The zero-order valence-electron chi connectivity index (χ0n) is 12.7. The fourth-order valence-electron chi connectivity index (χ4n) is 2.74. The zero-order valence-corrected chi connectivity index (χ0v) is 12.7. The number of esters is 1. The Bertz CT molecular complexity index is 519. The average molecular weight is 309 g/mol. The van der Waals surface area contributed by atoms with Crippen LogP contribution in [0.4, 0.5) is 10.1 Å².